The van der Waals surface area contributed by atoms with E-state index in [2.05, 4.69) is 15.5 Å². The number of anilines is 1. The third-order valence-electron chi connectivity index (χ3n) is 3.83. The van der Waals surface area contributed by atoms with Gasteiger partial charge in [-0.05, 0) is 30.7 Å². The largest absolute Gasteiger partial charge is 0.486 e. The van der Waals surface area contributed by atoms with Crippen molar-refractivity contribution in [1.82, 2.24) is 10.2 Å². The normalized spacial score (nSPS) is 12.9. The summed E-state index contributed by atoms with van der Waals surface area (Å²) in [5.74, 6) is 2.58. The van der Waals surface area contributed by atoms with Crippen LogP contribution in [0, 0.1) is 6.92 Å². The smallest absolute Gasteiger partial charge is 0.248 e. The minimum absolute atomic E-state index is 0.443. The summed E-state index contributed by atoms with van der Waals surface area (Å²) in [4.78, 5) is 0. The van der Waals surface area contributed by atoms with Crippen LogP contribution in [0.25, 0.3) is 11.5 Å². The minimum atomic E-state index is 0.443. The molecule has 1 aromatic heterocycles. The second-order valence-electron chi connectivity index (χ2n) is 5.53. The van der Waals surface area contributed by atoms with Gasteiger partial charge in [0.2, 0.25) is 11.8 Å². The number of hydrogen-bond donors (Lipinski definition) is 1. The standard InChI is InChI=1S/C18H17N3O3/c1-12-4-2-3-5-14(12)18-21-20-17(24-18)11-19-13-6-7-15-16(10-13)23-9-8-22-15/h2-7,10,19H,8-9,11H2,1H3. The Bertz CT molecular complexity index is 860. The lowest BCUT2D eigenvalue weighted by atomic mass is 10.1. The van der Waals surface area contributed by atoms with E-state index in [4.69, 9.17) is 13.9 Å². The summed E-state index contributed by atoms with van der Waals surface area (Å²) in [6.07, 6.45) is 0. The first kappa shape index (κ1) is 14.6. The molecular formula is C18H17N3O3. The zero-order chi connectivity index (χ0) is 16.4. The third kappa shape index (κ3) is 2.90. The molecule has 0 saturated heterocycles. The zero-order valence-corrected chi connectivity index (χ0v) is 13.3. The first-order chi connectivity index (χ1) is 11.8. The lowest BCUT2D eigenvalue weighted by Crippen LogP contribution is -2.15. The number of fused-ring (bicyclic) bond motifs is 1. The van der Waals surface area contributed by atoms with Crippen LogP contribution in [0.3, 0.4) is 0 Å². The molecular weight excluding hydrogens is 306 g/mol. The molecule has 0 bridgehead atoms. The van der Waals surface area contributed by atoms with Gasteiger partial charge in [0, 0.05) is 17.3 Å². The molecule has 1 N–H and O–H groups in total. The number of nitrogens with one attached hydrogen (secondary N) is 1. The van der Waals surface area contributed by atoms with Gasteiger partial charge in [-0.25, -0.2) is 0 Å². The van der Waals surface area contributed by atoms with Crippen LogP contribution in [0.15, 0.2) is 46.9 Å². The van der Waals surface area contributed by atoms with Gasteiger partial charge in [0.25, 0.3) is 0 Å². The number of ether oxygens (including phenoxy) is 2. The Kier molecular flexibility index (Phi) is 3.78. The van der Waals surface area contributed by atoms with Crippen molar-refractivity contribution in [3.8, 4) is 23.0 Å². The van der Waals surface area contributed by atoms with Crippen molar-refractivity contribution in [3.63, 3.8) is 0 Å². The molecule has 0 fully saturated rings. The zero-order valence-electron chi connectivity index (χ0n) is 13.3. The summed E-state index contributed by atoms with van der Waals surface area (Å²) in [6, 6.07) is 13.7. The fourth-order valence-electron chi connectivity index (χ4n) is 2.58. The van der Waals surface area contributed by atoms with Gasteiger partial charge in [0.05, 0.1) is 6.54 Å². The lowest BCUT2D eigenvalue weighted by Gasteiger charge is -2.19. The van der Waals surface area contributed by atoms with E-state index in [1.54, 1.807) is 0 Å². The van der Waals surface area contributed by atoms with Crippen LogP contribution in [-0.4, -0.2) is 23.4 Å². The van der Waals surface area contributed by atoms with Gasteiger partial charge in [0.1, 0.15) is 13.2 Å². The van der Waals surface area contributed by atoms with E-state index in [-0.39, 0.29) is 0 Å². The third-order valence-corrected chi connectivity index (χ3v) is 3.83. The Morgan fingerprint density at radius 3 is 2.71 bits per heavy atom. The van der Waals surface area contributed by atoms with Crippen molar-refractivity contribution >= 4 is 5.69 Å². The fourth-order valence-corrected chi connectivity index (χ4v) is 2.58. The van der Waals surface area contributed by atoms with E-state index in [9.17, 15) is 0 Å². The van der Waals surface area contributed by atoms with Crippen LogP contribution < -0.4 is 14.8 Å². The maximum Gasteiger partial charge on any atom is 0.248 e. The summed E-state index contributed by atoms with van der Waals surface area (Å²) in [5, 5.41) is 11.5. The second-order valence-corrected chi connectivity index (χ2v) is 5.53. The first-order valence-electron chi connectivity index (χ1n) is 7.81. The SMILES string of the molecule is Cc1ccccc1-c1nnc(CNc2ccc3c(c2)OCCO3)o1. The Balaban J connectivity index is 1.46. The van der Waals surface area contributed by atoms with E-state index in [1.807, 2.05) is 49.4 Å². The van der Waals surface area contributed by atoms with Gasteiger partial charge in [-0.2, -0.15) is 0 Å². The summed E-state index contributed by atoms with van der Waals surface area (Å²) < 4.78 is 16.8. The number of benzene rings is 2. The predicted octanol–water partition coefficient (Wildman–Crippen LogP) is 3.43. The molecule has 4 rings (SSSR count). The highest BCUT2D eigenvalue weighted by molar-refractivity contribution is 5.58. The monoisotopic (exact) mass is 323 g/mol. The molecule has 6 nitrogen and oxygen atoms in total. The van der Waals surface area contributed by atoms with Crippen LogP contribution in [0.4, 0.5) is 5.69 Å². The van der Waals surface area contributed by atoms with Gasteiger partial charge in [-0.15, -0.1) is 10.2 Å². The van der Waals surface area contributed by atoms with Crippen LogP contribution in [0.1, 0.15) is 11.5 Å². The first-order valence-corrected chi connectivity index (χ1v) is 7.81. The van der Waals surface area contributed by atoms with Crippen LogP contribution >= 0.6 is 0 Å². The molecule has 0 saturated carbocycles. The highest BCUT2D eigenvalue weighted by atomic mass is 16.6. The summed E-state index contributed by atoms with van der Waals surface area (Å²) in [6.45, 7) is 3.62. The van der Waals surface area contributed by atoms with Gasteiger partial charge in [-0.3, -0.25) is 0 Å². The number of rotatable bonds is 4. The average molecular weight is 323 g/mol. The van der Waals surface area contributed by atoms with Crippen LogP contribution in [-0.2, 0) is 6.54 Å². The number of aryl methyl sites for hydroxylation is 1. The maximum absolute atomic E-state index is 5.74. The van der Waals surface area contributed by atoms with Crippen molar-refractivity contribution in [2.24, 2.45) is 0 Å². The summed E-state index contributed by atoms with van der Waals surface area (Å²) in [7, 11) is 0. The van der Waals surface area contributed by atoms with E-state index >= 15 is 0 Å². The average Bonchev–Trinajstić information content (AvgIpc) is 3.09. The molecule has 0 aliphatic carbocycles. The molecule has 2 heterocycles. The highest BCUT2D eigenvalue weighted by Crippen LogP contribution is 2.32. The van der Waals surface area contributed by atoms with Crippen molar-refractivity contribution < 1.29 is 13.9 Å². The van der Waals surface area contributed by atoms with Gasteiger partial charge >= 0.3 is 0 Å². The van der Waals surface area contributed by atoms with Crippen molar-refractivity contribution in [2.45, 2.75) is 13.5 Å². The summed E-state index contributed by atoms with van der Waals surface area (Å²) in [5.41, 5.74) is 2.97. The molecule has 1 aliphatic heterocycles. The highest BCUT2D eigenvalue weighted by Gasteiger charge is 2.13. The van der Waals surface area contributed by atoms with E-state index in [0.717, 1.165) is 28.3 Å². The van der Waals surface area contributed by atoms with Crippen LogP contribution in [0.5, 0.6) is 11.5 Å². The van der Waals surface area contributed by atoms with Crippen molar-refractivity contribution in [2.75, 3.05) is 18.5 Å². The minimum Gasteiger partial charge on any atom is -0.486 e. The molecule has 6 heteroatoms. The molecule has 0 atom stereocenters. The van der Waals surface area contributed by atoms with Gasteiger partial charge in [0.15, 0.2) is 11.5 Å². The Hall–Kier alpha value is -3.02. The maximum atomic E-state index is 5.74. The molecule has 3 aromatic rings. The Morgan fingerprint density at radius 2 is 1.83 bits per heavy atom. The molecule has 2 aromatic carbocycles. The van der Waals surface area contributed by atoms with E-state index in [1.165, 1.54) is 0 Å². The van der Waals surface area contributed by atoms with Gasteiger partial charge in [-0.1, -0.05) is 18.2 Å². The molecule has 0 radical (unpaired) electrons. The van der Waals surface area contributed by atoms with Crippen LogP contribution in [0.2, 0.25) is 0 Å². The van der Waals surface area contributed by atoms with Crippen molar-refractivity contribution in [1.29, 1.82) is 0 Å². The molecule has 0 unspecified atom stereocenters. The molecule has 122 valence electrons. The molecule has 24 heavy (non-hydrogen) atoms. The molecule has 1 aliphatic rings. The number of nitrogens with zero attached hydrogens (tertiary/aromatic N) is 2. The van der Waals surface area contributed by atoms with E-state index in [0.29, 0.717) is 31.5 Å². The number of aromatic nitrogens is 2. The predicted molar refractivity (Wildman–Crippen MR) is 89.2 cm³/mol. The molecule has 0 amide bonds. The number of hydrogen-bond acceptors (Lipinski definition) is 6. The fraction of sp³-hybridized carbons (Fsp3) is 0.222. The second kappa shape index (κ2) is 6.23. The van der Waals surface area contributed by atoms with E-state index < -0.39 is 0 Å². The Morgan fingerprint density at radius 1 is 1.00 bits per heavy atom. The Labute approximate surface area is 139 Å². The lowest BCUT2D eigenvalue weighted by molar-refractivity contribution is 0.171. The van der Waals surface area contributed by atoms with Gasteiger partial charge < -0.3 is 19.2 Å². The topological polar surface area (TPSA) is 69.4 Å². The molecule has 0 spiro atoms. The quantitative estimate of drug-likeness (QED) is 0.793. The van der Waals surface area contributed by atoms with Crippen molar-refractivity contribution in [3.05, 3.63) is 53.9 Å². The summed E-state index contributed by atoms with van der Waals surface area (Å²) >= 11 is 0.